The Morgan fingerprint density at radius 3 is 2.88 bits per heavy atom. The van der Waals surface area contributed by atoms with E-state index < -0.39 is 0 Å². The van der Waals surface area contributed by atoms with E-state index >= 15 is 0 Å². The van der Waals surface area contributed by atoms with Crippen LogP contribution in [-0.4, -0.2) is 12.6 Å². The van der Waals surface area contributed by atoms with Crippen molar-refractivity contribution in [3.8, 4) is 6.07 Å². The highest BCUT2D eigenvalue weighted by Crippen LogP contribution is 2.29. The average Bonchev–Trinajstić information content (AvgIpc) is 2.27. The van der Waals surface area contributed by atoms with E-state index in [1.807, 2.05) is 6.07 Å². The molecule has 0 aromatic heterocycles. The van der Waals surface area contributed by atoms with E-state index in [-0.39, 0.29) is 11.9 Å². The van der Waals surface area contributed by atoms with Gasteiger partial charge in [-0.15, -0.1) is 0 Å². The Morgan fingerprint density at radius 1 is 1.47 bits per heavy atom. The molecule has 1 aromatic carbocycles. The third-order valence-corrected chi connectivity index (χ3v) is 3.19. The van der Waals surface area contributed by atoms with Gasteiger partial charge in [-0.1, -0.05) is 0 Å². The lowest BCUT2D eigenvalue weighted by Gasteiger charge is -2.34. The highest BCUT2D eigenvalue weighted by atomic mass is 19.1. The summed E-state index contributed by atoms with van der Waals surface area (Å²) in [5.74, 6) is 0.221. The van der Waals surface area contributed by atoms with Gasteiger partial charge < -0.3 is 10.5 Å². The topological polar surface area (TPSA) is 59.0 Å². The smallest absolute Gasteiger partial charge is 0.123 e. The molecular formula is C13H15FN2O. The predicted octanol–water partition coefficient (Wildman–Crippen LogP) is 1.95. The number of ether oxygens (including phenoxy) is 1. The number of nitrogens with two attached hydrogens (primary N) is 1. The Morgan fingerprint density at radius 2 is 2.24 bits per heavy atom. The molecule has 0 aliphatic heterocycles. The Kier molecular flexibility index (Phi) is 3.72. The van der Waals surface area contributed by atoms with Crippen molar-refractivity contribution in [2.45, 2.75) is 25.6 Å². The fourth-order valence-corrected chi connectivity index (χ4v) is 2.00. The summed E-state index contributed by atoms with van der Waals surface area (Å²) < 4.78 is 18.7. The Hall–Kier alpha value is -1.44. The average molecular weight is 234 g/mol. The molecule has 0 bridgehead atoms. The van der Waals surface area contributed by atoms with Crippen LogP contribution in [0.1, 0.15) is 24.0 Å². The second kappa shape index (κ2) is 5.26. The first-order chi connectivity index (χ1) is 8.22. The molecule has 90 valence electrons. The van der Waals surface area contributed by atoms with Gasteiger partial charge in [0.15, 0.2) is 0 Å². The van der Waals surface area contributed by atoms with Crippen LogP contribution in [0.4, 0.5) is 4.39 Å². The predicted molar refractivity (Wildman–Crippen MR) is 61.5 cm³/mol. The number of nitriles is 1. The summed E-state index contributed by atoms with van der Waals surface area (Å²) in [6.07, 6.45) is 2.14. The molecule has 1 aromatic rings. The molecule has 3 nitrogen and oxygen atoms in total. The van der Waals surface area contributed by atoms with Gasteiger partial charge in [0.1, 0.15) is 5.82 Å². The van der Waals surface area contributed by atoms with Crippen LogP contribution in [0.25, 0.3) is 0 Å². The molecule has 1 saturated carbocycles. The van der Waals surface area contributed by atoms with E-state index in [1.165, 1.54) is 18.2 Å². The zero-order valence-electron chi connectivity index (χ0n) is 9.53. The standard InChI is InChI=1S/C13H15FN2O/c14-12-2-1-10(7-16)11(5-12)8-17-13-3-9(4-13)6-15/h1-2,5,9,13H,3-4,6,8,15H2. The molecule has 0 heterocycles. The Bertz CT molecular complexity index is 436. The summed E-state index contributed by atoms with van der Waals surface area (Å²) in [6, 6.07) is 6.17. The van der Waals surface area contributed by atoms with Crippen LogP contribution in [0.2, 0.25) is 0 Å². The fourth-order valence-electron chi connectivity index (χ4n) is 2.00. The number of hydrogen-bond donors (Lipinski definition) is 1. The van der Waals surface area contributed by atoms with Crippen molar-refractivity contribution in [2.75, 3.05) is 6.54 Å². The highest BCUT2D eigenvalue weighted by molar-refractivity contribution is 5.37. The number of rotatable bonds is 4. The Balaban J connectivity index is 1.91. The van der Waals surface area contributed by atoms with Gasteiger partial charge in [0.05, 0.1) is 24.3 Å². The summed E-state index contributed by atoms with van der Waals surface area (Å²) in [4.78, 5) is 0. The van der Waals surface area contributed by atoms with Crippen molar-refractivity contribution in [3.63, 3.8) is 0 Å². The number of halogens is 1. The molecular weight excluding hydrogens is 219 g/mol. The zero-order valence-corrected chi connectivity index (χ0v) is 9.53. The van der Waals surface area contributed by atoms with Gasteiger partial charge in [-0.3, -0.25) is 0 Å². The van der Waals surface area contributed by atoms with Crippen molar-refractivity contribution < 1.29 is 9.13 Å². The lowest BCUT2D eigenvalue weighted by molar-refractivity contribution is -0.0377. The molecule has 1 aliphatic carbocycles. The van der Waals surface area contributed by atoms with E-state index in [0.29, 0.717) is 30.2 Å². The fraction of sp³-hybridized carbons (Fsp3) is 0.462. The molecule has 0 spiro atoms. The normalized spacial score (nSPS) is 22.9. The van der Waals surface area contributed by atoms with Gasteiger partial charge in [-0.2, -0.15) is 5.26 Å². The maximum Gasteiger partial charge on any atom is 0.123 e. The van der Waals surface area contributed by atoms with Crippen molar-refractivity contribution >= 4 is 0 Å². The van der Waals surface area contributed by atoms with Gasteiger partial charge in [0.2, 0.25) is 0 Å². The van der Waals surface area contributed by atoms with Crippen LogP contribution in [0, 0.1) is 23.1 Å². The van der Waals surface area contributed by atoms with Crippen LogP contribution in [0.15, 0.2) is 18.2 Å². The largest absolute Gasteiger partial charge is 0.373 e. The maximum atomic E-state index is 13.0. The van der Waals surface area contributed by atoms with Gasteiger partial charge in [0, 0.05) is 0 Å². The summed E-state index contributed by atoms with van der Waals surface area (Å²) >= 11 is 0. The van der Waals surface area contributed by atoms with Crippen molar-refractivity contribution in [1.82, 2.24) is 0 Å². The minimum absolute atomic E-state index is 0.207. The molecule has 0 amide bonds. The second-order valence-corrected chi connectivity index (χ2v) is 4.42. The first-order valence-electron chi connectivity index (χ1n) is 5.73. The van der Waals surface area contributed by atoms with Crippen molar-refractivity contribution in [2.24, 2.45) is 11.7 Å². The molecule has 0 atom stereocenters. The third kappa shape index (κ3) is 2.82. The van der Waals surface area contributed by atoms with Gasteiger partial charge >= 0.3 is 0 Å². The molecule has 2 rings (SSSR count). The molecule has 0 radical (unpaired) electrons. The summed E-state index contributed by atoms with van der Waals surface area (Å²) in [7, 11) is 0. The molecule has 1 aliphatic rings. The van der Waals surface area contributed by atoms with Gasteiger partial charge in [-0.05, 0) is 49.1 Å². The minimum atomic E-state index is -0.337. The first kappa shape index (κ1) is 12.0. The molecule has 4 heteroatoms. The number of nitrogens with zero attached hydrogens (tertiary/aromatic N) is 1. The van der Waals surface area contributed by atoms with E-state index in [2.05, 4.69) is 0 Å². The van der Waals surface area contributed by atoms with Gasteiger partial charge in [-0.25, -0.2) is 4.39 Å². The lowest BCUT2D eigenvalue weighted by atomic mass is 9.82. The second-order valence-electron chi connectivity index (χ2n) is 4.42. The summed E-state index contributed by atoms with van der Waals surface area (Å²) in [5, 5.41) is 8.88. The molecule has 2 N–H and O–H groups in total. The van der Waals surface area contributed by atoms with Gasteiger partial charge in [0.25, 0.3) is 0 Å². The quantitative estimate of drug-likeness (QED) is 0.866. The van der Waals surface area contributed by atoms with Crippen molar-refractivity contribution in [3.05, 3.63) is 35.1 Å². The van der Waals surface area contributed by atoms with Crippen molar-refractivity contribution in [1.29, 1.82) is 5.26 Å². The number of hydrogen-bond acceptors (Lipinski definition) is 3. The maximum absolute atomic E-state index is 13.0. The Labute approximate surface area is 100.0 Å². The summed E-state index contributed by atoms with van der Waals surface area (Å²) in [6.45, 7) is 0.992. The first-order valence-corrected chi connectivity index (χ1v) is 5.73. The SMILES string of the molecule is N#Cc1ccc(F)cc1COC1CC(CN)C1. The van der Waals surface area contributed by atoms with Crippen LogP contribution < -0.4 is 5.73 Å². The van der Waals surface area contributed by atoms with E-state index in [0.717, 1.165) is 12.8 Å². The number of benzene rings is 1. The monoisotopic (exact) mass is 234 g/mol. The zero-order chi connectivity index (χ0) is 12.3. The van der Waals surface area contributed by atoms with Crippen LogP contribution >= 0.6 is 0 Å². The molecule has 0 unspecified atom stereocenters. The third-order valence-electron chi connectivity index (χ3n) is 3.19. The van der Waals surface area contributed by atoms with E-state index in [4.69, 9.17) is 15.7 Å². The lowest BCUT2D eigenvalue weighted by Crippen LogP contribution is -2.35. The van der Waals surface area contributed by atoms with Crippen LogP contribution in [0.5, 0.6) is 0 Å². The van der Waals surface area contributed by atoms with Crippen LogP contribution in [-0.2, 0) is 11.3 Å². The van der Waals surface area contributed by atoms with E-state index in [1.54, 1.807) is 0 Å². The molecule has 1 fully saturated rings. The van der Waals surface area contributed by atoms with Crippen LogP contribution in [0.3, 0.4) is 0 Å². The summed E-state index contributed by atoms with van der Waals surface area (Å²) in [5.41, 5.74) is 6.61. The van der Waals surface area contributed by atoms with E-state index in [9.17, 15) is 4.39 Å². The molecule has 17 heavy (non-hydrogen) atoms. The molecule has 0 saturated heterocycles. The minimum Gasteiger partial charge on any atom is -0.373 e. The highest BCUT2D eigenvalue weighted by Gasteiger charge is 2.28.